The van der Waals surface area contributed by atoms with E-state index in [4.69, 9.17) is 11.5 Å². The molecule has 9 nitrogen and oxygen atoms in total. The van der Waals surface area contributed by atoms with Gasteiger partial charge in [-0.05, 0) is 37.7 Å². The van der Waals surface area contributed by atoms with E-state index in [1.807, 2.05) is 6.26 Å². The Kier molecular flexibility index (Phi) is 6.42. The lowest BCUT2D eigenvalue weighted by atomic mass is 9.90. The number of fused-ring (bicyclic) bond motifs is 1. The second kappa shape index (κ2) is 9.31. The number of benzene rings is 1. The van der Waals surface area contributed by atoms with E-state index in [2.05, 4.69) is 20.3 Å². The number of anilines is 2. The maximum Gasteiger partial charge on any atom is 0.419 e. The first-order valence-electron chi connectivity index (χ1n) is 11.7. The summed E-state index contributed by atoms with van der Waals surface area (Å²) in [7, 11) is 0. The lowest BCUT2D eigenvalue weighted by Gasteiger charge is -2.37. The number of alkyl halides is 3. The molecule has 1 aliphatic heterocycles. The molecule has 3 aromatic rings. The predicted octanol–water partition coefficient (Wildman–Crippen LogP) is 2.53. The Hall–Kier alpha value is -3.13. The van der Waals surface area contributed by atoms with Crippen LogP contribution >= 0.6 is 11.8 Å². The number of nitrogen functional groups attached to an aromatic ring is 1. The van der Waals surface area contributed by atoms with E-state index in [-0.39, 0.29) is 66.2 Å². The number of nitrogens with zero attached hydrogens (tertiary/aromatic N) is 5. The van der Waals surface area contributed by atoms with Gasteiger partial charge in [0.15, 0.2) is 11.5 Å². The van der Waals surface area contributed by atoms with Gasteiger partial charge in [-0.15, -0.1) is 0 Å². The topological polar surface area (TPSA) is 128 Å². The van der Waals surface area contributed by atoms with Gasteiger partial charge < -0.3 is 26.3 Å². The summed E-state index contributed by atoms with van der Waals surface area (Å²) in [5.74, 6) is -1.64. The van der Waals surface area contributed by atoms with Gasteiger partial charge in [0.2, 0.25) is 5.91 Å². The zero-order chi connectivity index (χ0) is 26.5. The van der Waals surface area contributed by atoms with Gasteiger partial charge in [0.1, 0.15) is 23.2 Å². The number of hydrogen-bond acceptors (Lipinski definition) is 8. The molecule has 0 bridgehead atoms. The largest absolute Gasteiger partial charge is 0.419 e. The molecule has 1 amide bonds. The van der Waals surface area contributed by atoms with Crippen molar-refractivity contribution in [3.05, 3.63) is 41.7 Å². The van der Waals surface area contributed by atoms with Gasteiger partial charge in [0, 0.05) is 35.6 Å². The summed E-state index contributed by atoms with van der Waals surface area (Å²) in [5.41, 5.74) is 9.88. The number of hydrogen-bond donors (Lipinski definition) is 3. The summed E-state index contributed by atoms with van der Waals surface area (Å²) in [6.07, 6.45) is 1.48. The molecule has 2 fully saturated rings. The molecule has 3 heterocycles. The van der Waals surface area contributed by atoms with Crippen molar-refractivity contribution in [2.45, 2.75) is 48.8 Å². The molecule has 1 saturated heterocycles. The summed E-state index contributed by atoms with van der Waals surface area (Å²) in [6, 6.07) is 2.13. The van der Waals surface area contributed by atoms with Crippen molar-refractivity contribution < 1.29 is 22.4 Å². The van der Waals surface area contributed by atoms with Crippen molar-refractivity contribution in [1.29, 1.82) is 0 Å². The van der Waals surface area contributed by atoms with Crippen LogP contribution in [0.3, 0.4) is 0 Å². The number of amides is 1. The third-order valence-electron chi connectivity index (χ3n) is 7.14. The van der Waals surface area contributed by atoms with E-state index in [1.165, 1.54) is 23.3 Å². The Morgan fingerprint density at radius 1 is 1.27 bits per heavy atom. The molecule has 2 aliphatic rings. The van der Waals surface area contributed by atoms with Crippen molar-refractivity contribution in [1.82, 2.24) is 24.8 Å². The summed E-state index contributed by atoms with van der Waals surface area (Å²) in [5, 5.41) is 3.48. The second-order valence-electron chi connectivity index (χ2n) is 9.55. The predicted molar refractivity (Wildman–Crippen MR) is 132 cm³/mol. The van der Waals surface area contributed by atoms with Gasteiger partial charge in [-0.25, -0.2) is 19.3 Å². The second-order valence-corrected chi connectivity index (χ2v) is 10.7. The Morgan fingerprint density at radius 2 is 2.03 bits per heavy atom. The van der Waals surface area contributed by atoms with Crippen molar-refractivity contribution in [3.63, 3.8) is 0 Å². The van der Waals surface area contributed by atoms with Crippen molar-refractivity contribution in [2.24, 2.45) is 5.73 Å². The first-order chi connectivity index (χ1) is 17.5. The smallest absolute Gasteiger partial charge is 0.382 e. The van der Waals surface area contributed by atoms with Crippen LogP contribution in [0.2, 0.25) is 0 Å². The maximum atomic E-state index is 14.7. The highest BCUT2D eigenvalue weighted by Gasteiger charge is 2.45. The zero-order valence-electron chi connectivity index (χ0n) is 19.9. The molecule has 198 valence electrons. The zero-order valence-corrected chi connectivity index (χ0v) is 20.7. The van der Waals surface area contributed by atoms with E-state index in [0.717, 1.165) is 18.9 Å². The first-order valence-corrected chi connectivity index (χ1v) is 13.0. The van der Waals surface area contributed by atoms with E-state index < -0.39 is 23.1 Å². The van der Waals surface area contributed by atoms with Crippen LogP contribution in [-0.2, 0) is 17.5 Å². The Balaban J connectivity index is 1.47. The molecule has 14 heteroatoms. The summed E-state index contributed by atoms with van der Waals surface area (Å²) in [4.78, 5) is 26.6. The van der Waals surface area contributed by atoms with Crippen LogP contribution in [-0.4, -0.2) is 61.6 Å². The highest BCUT2D eigenvalue weighted by atomic mass is 32.2. The Morgan fingerprint density at radius 3 is 2.73 bits per heavy atom. The highest BCUT2D eigenvalue weighted by Crippen LogP contribution is 2.41. The lowest BCUT2D eigenvalue weighted by molar-refractivity contribution is -0.140. The molecule has 1 unspecified atom stereocenters. The number of imidazole rings is 1. The average molecular weight is 539 g/mol. The number of carbonyl (C=O) groups is 1. The average Bonchev–Trinajstić information content (AvgIpc) is 3.40. The van der Waals surface area contributed by atoms with Gasteiger partial charge in [-0.2, -0.15) is 24.9 Å². The molecule has 1 aromatic carbocycles. The van der Waals surface area contributed by atoms with Gasteiger partial charge in [-0.3, -0.25) is 4.79 Å². The van der Waals surface area contributed by atoms with E-state index in [1.54, 1.807) is 16.7 Å². The fraction of sp³-hybridized carbons (Fsp3) is 0.478. The molecule has 5 N–H and O–H groups in total. The molecule has 1 saturated carbocycles. The molecule has 1 aliphatic carbocycles. The Bertz CT molecular complexity index is 1340. The molecule has 2 aromatic heterocycles. The number of thioether (sulfide) groups is 1. The number of nitrogens with two attached hydrogens (primary N) is 2. The lowest BCUT2D eigenvalue weighted by Crippen LogP contribution is -2.59. The maximum absolute atomic E-state index is 14.7. The third kappa shape index (κ3) is 4.67. The fourth-order valence-electron chi connectivity index (χ4n) is 4.99. The number of aromatic nitrogens is 4. The summed E-state index contributed by atoms with van der Waals surface area (Å²) < 4.78 is 58.3. The quantitative estimate of drug-likeness (QED) is 0.409. The van der Waals surface area contributed by atoms with E-state index >= 15 is 0 Å². The van der Waals surface area contributed by atoms with E-state index in [9.17, 15) is 22.4 Å². The van der Waals surface area contributed by atoms with Crippen molar-refractivity contribution >= 4 is 40.3 Å². The molecule has 0 radical (unpaired) electrons. The summed E-state index contributed by atoms with van der Waals surface area (Å²) in [6.45, 7) is -0.154. The first kappa shape index (κ1) is 25.5. The van der Waals surface area contributed by atoms with Crippen LogP contribution in [0.25, 0.3) is 11.2 Å². The standard InChI is InChI=1S/C23H26F4N8OS/c1-37-13-6-12(7-13)33-21(36)22(29)4-5-34(9-22)16-3-2-15(24)17(23(25,26)27)14(16)8-35-11-32-18-19(28)30-10-31-20(18)35/h2-3,10-13H,4-9,29H2,1H3,(H,33,36)(H2,28,30,31). The van der Waals surface area contributed by atoms with Crippen LogP contribution in [0.4, 0.5) is 29.1 Å². The van der Waals surface area contributed by atoms with Crippen molar-refractivity contribution in [3.8, 4) is 0 Å². The van der Waals surface area contributed by atoms with Crippen LogP contribution in [0.5, 0.6) is 0 Å². The molecule has 0 spiro atoms. The normalized spacial score (nSPS) is 23.9. The van der Waals surface area contributed by atoms with Crippen LogP contribution in [0.1, 0.15) is 30.4 Å². The number of carbonyl (C=O) groups excluding carboxylic acids is 1. The fourth-order valence-corrected chi connectivity index (χ4v) is 5.83. The van der Waals surface area contributed by atoms with Crippen LogP contribution < -0.4 is 21.7 Å². The molecule has 5 rings (SSSR count). The van der Waals surface area contributed by atoms with E-state index in [0.29, 0.717) is 5.25 Å². The Labute approximate surface area is 214 Å². The number of nitrogens with one attached hydrogen (secondary N) is 1. The SMILES string of the molecule is CSC1CC(NC(=O)C2(N)CCN(c3ccc(F)c(C(F)(F)F)c3Cn3cnc4c(N)ncnc43)C2)C1. The molecular formula is C23H26F4N8OS. The number of rotatable bonds is 6. The minimum atomic E-state index is -4.96. The minimum Gasteiger partial charge on any atom is -0.382 e. The van der Waals surface area contributed by atoms with Gasteiger partial charge in [0.05, 0.1) is 18.4 Å². The molecular weight excluding hydrogens is 512 g/mol. The van der Waals surface area contributed by atoms with Gasteiger partial charge in [0.25, 0.3) is 0 Å². The monoisotopic (exact) mass is 538 g/mol. The number of halogens is 4. The highest BCUT2D eigenvalue weighted by molar-refractivity contribution is 7.99. The van der Waals surface area contributed by atoms with Crippen LogP contribution in [0.15, 0.2) is 24.8 Å². The van der Waals surface area contributed by atoms with Crippen molar-refractivity contribution in [2.75, 3.05) is 30.0 Å². The third-order valence-corrected chi connectivity index (χ3v) is 8.19. The van der Waals surface area contributed by atoms with Gasteiger partial charge >= 0.3 is 6.18 Å². The minimum absolute atomic E-state index is 0.00671. The summed E-state index contributed by atoms with van der Waals surface area (Å²) >= 11 is 1.75. The van der Waals surface area contributed by atoms with Crippen LogP contribution in [0, 0.1) is 5.82 Å². The molecule has 1 atom stereocenters. The van der Waals surface area contributed by atoms with Gasteiger partial charge in [-0.1, -0.05) is 0 Å². The molecule has 37 heavy (non-hydrogen) atoms.